The van der Waals surface area contributed by atoms with Crippen molar-refractivity contribution >= 4 is 12.0 Å². The molecular formula is C14H10F5NO4. The molecule has 2 rings (SSSR count). The van der Waals surface area contributed by atoms with Crippen molar-refractivity contribution in [2.75, 3.05) is 0 Å². The molecule has 1 amide bonds. The monoisotopic (exact) mass is 351 g/mol. The summed E-state index contributed by atoms with van der Waals surface area (Å²) in [6, 6.07) is 2.05. The van der Waals surface area contributed by atoms with Gasteiger partial charge in [-0.15, -0.1) is 0 Å². The maximum absolute atomic E-state index is 13.9. The van der Waals surface area contributed by atoms with E-state index in [4.69, 9.17) is 10.5 Å². The Morgan fingerprint density at radius 2 is 2.00 bits per heavy atom. The maximum atomic E-state index is 13.9. The highest BCUT2D eigenvalue weighted by Crippen LogP contribution is 2.42. The lowest BCUT2D eigenvalue weighted by Gasteiger charge is -2.37. The molecule has 0 saturated carbocycles. The number of alkyl halides is 3. The number of carbonyl (C=O) groups excluding carboxylic acids is 2. The smallest absolute Gasteiger partial charge is 0.419 e. The highest BCUT2D eigenvalue weighted by atomic mass is 19.4. The zero-order valence-corrected chi connectivity index (χ0v) is 11.8. The van der Waals surface area contributed by atoms with Gasteiger partial charge in [-0.1, -0.05) is 0 Å². The average Bonchev–Trinajstić information content (AvgIpc) is 2.47. The lowest BCUT2D eigenvalue weighted by atomic mass is 9.91. The largest absolute Gasteiger partial charge is 0.443 e. The molecule has 1 heterocycles. The van der Waals surface area contributed by atoms with Gasteiger partial charge in [0.1, 0.15) is 29.8 Å². The molecule has 0 aromatic heterocycles. The molecule has 3 atom stereocenters. The van der Waals surface area contributed by atoms with Gasteiger partial charge in [0.2, 0.25) is 0 Å². The molecule has 0 radical (unpaired) electrons. The maximum Gasteiger partial charge on any atom is 0.419 e. The fraction of sp³-hybridized carbons (Fsp3) is 0.357. The van der Waals surface area contributed by atoms with Gasteiger partial charge >= 0.3 is 12.3 Å². The number of amides is 1. The average molecular weight is 351 g/mol. The second-order valence-electron chi connectivity index (χ2n) is 4.95. The van der Waals surface area contributed by atoms with E-state index in [0.717, 1.165) is 12.0 Å². The third-order valence-electron chi connectivity index (χ3n) is 3.32. The minimum Gasteiger partial charge on any atom is -0.443 e. The molecule has 1 fully saturated rings. The Kier molecular flexibility index (Phi) is 4.91. The van der Waals surface area contributed by atoms with Gasteiger partial charge in [-0.2, -0.15) is 13.2 Å². The van der Waals surface area contributed by atoms with Crippen LogP contribution < -0.4 is 5.73 Å². The standard InChI is InChI=1S/C14H10F5NO4/c15-7-1-2-9(16)8(4-7)11-10(23-13(20)22)3-6(5-21)12(24-11)14(17,18)19/h1-2,4,10-12H,3H2,(H2,20,22)/t10-,11+,12?/m0/s1. The van der Waals surface area contributed by atoms with Crippen LogP contribution in [-0.4, -0.2) is 30.4 Å². The van der Waals surface area contributed by atoms with E-state index in [1.165, 1.54) is 0 Å². The number of ether oxygens (including phenoxy) is 2. The number of rotatable bonds is 2. The normalized spacial score (nSPS) is 24.4. The first-order valence-corrected chi connectivity index (χ1v) is 6.50. The third-order valence-corrected chi connectivity index (χ3v) is 3.32. The van der Waals surface area contributed by atoms with Crippen molar-refractivity contribution in [3.63, 3.8) is 0 Å². The summed E-state index contributed by atoms with van der Waals surface area (Å²) in [6.07, 6.45) is -13.1. The molecule has 1 aromatic carbocycles. The molecule has 10 heteroatoms. The van der Waals surface area contributed by atoms with Crippen molar-refractivity contribution < 1.29 is 41.0 Å². The summed E-state index contributed by atoms with van der Waals surface area (Å²) in [4.78, 5) is 21.7. The van der Waals surface area contributed by atoms with Crippen LogP contribution in [0.3, 0.4) is 0 Å². The van der Waals surface area contributed by atoms with E-state index in [1.807, 2.05) is 0 Å². The van der Waals surface area contributed by atoms with Crippen LogP contribution in [0.4, 0.5) is 26.7 Å². The Labute approximate surface area is 131 Å². The number of primary amides is 1. The van der Waals surface area contributed by atoms with Crippen molar-refractivity contribution in [2.45, 2.75) is 30.9 Å². The van der Waals surface area contributed by atoms with Crippen LogP contribution in [0.25, 0.3) is 0 Å². The van der Waals surface area contributed by atoms with E-state index in [1.54, 1.807) is 0 Å². The molecule has 1 aliphatic rings. The van der Waals surface area contributed by atoms with Crippen molar-refractivity contribution in [1.29, 1.82) is 0 Å². The molecule has 130 valence electrons. The molecule has 1 unspecified atom stereocenters. The second-order valence-corrected chi connectivity index (χ2v) is 4.95. The molecule has 0 aliphatic carbocycles. The van der Waals surface area contributed by atoms with Crippen molar-refractivity contribution in [3.8, 4) is 0 Å². The third kappa shape index (κ3) is 3.72. The lowest BCUT2D eigenvalue weighted by molar-refractivity contribution is -0.241. The Balaban J connectivity index is 2.49. The summed E-state index contributed by atoms with van der Waals surface area (Å²) < 4.78 is 75.6. The van der Waals surface area contributed by atoms with Crippen molar-refractivity contribution in [2.24, 2.45) is 5.73 Å². The summed E-state index contributed by atoms with van der Waals surface area (Å²) >= 11 is 0. The van der Waals surface area contributed by atoms with Crippen LogP contribution in [0, 0.1) is 11.6 Å². The minimum atomic E-state index is -4.99. The quantitative estimate of drug-likeness (QED) is 0.656. The molecule has 2 N–H and O–H groups in total. The summed E-state index contributed by atoms with van der Waals surface area (Å²) in [6.45, 7) is 0. The van der Waals surface area contributed by atoms with Crippen LogP contribution in [0.1, 0.15) is 18.1 Å². The fourth-order valence-corrected chi connectivity index (χ4v) is 2.38. The highest BCUT2D eigenvalue weighted by molar-refractivity contribution is 5.65. The van der Waals surface area contributed by atoms with Crippen molar-refractivity contribution in [3.05, 3.63) is 41.0 Å². The zero-order chi connectivity index (χ0) is 18.1. The van der Waals surface area contributed by atoms with Gasteiger partial charge in [0, 0.05) is 12.0 Å². The van der Waals surface area contributed by atoms with Gasteiger partial charge in [-0.05, 0) is 18.2 Å². The summed E-state index contributed by atoms with van der Waals surface area (Å²) in [7, 11) is 0. The predicted molar refractivity (Wildman–Crippen MR) is 68.3 cm³/mol. The Morgan fingerprint density at radius 1 is 1.33 bits per heavy atom. The topological polar surface area (TPSA) is 78.6 Å². The zero-order valence-electron chi connectivity index (χ0n) is 11.8. The van der Waals surface area contributed by atoms with E-state index in [-0.39, 0.29) is 0 Å². The van der Waals surface area contributed by atoms with Crippen LogP contribution in [0.5, 0.6) is 0 Å². The van der Waals surface area contributed by atoms with E-state index in [0.29, 0.717) is 12.1 Å². The van der Waals surface area contributed by atoms with E-state index in [2.05, 4.69) is 4.74 Å². The van der Waals surface area contributed by atoms with E-state index >= 15 is 0 Å². The number of halogens is 5. The molecule has 0 bridgehead atoms. The van der Waals surface area contributed by atoms with Gasteiger partial charge in [0.05, 0.1) is 5.57 Å². The van der Waals surface area contributed by atoms with Crippen LogP contribution in [0.2, 0.25) is 0 Å². The highest BCUT2D eigenvalue weighted by Gasteiger charge is 2.51. The first-order chi connectivity index (χ1) is 11.1. The van der Waals surface area contributed by atoms with Gasteiger partial charge in [-0.25, -0.2) is 18.4 Å². The first kappa shape index (κ1) is 17.9. The minimum absolute atomic E-state index is 0.597. The molecule has 1 aromatic rings. The predicted octanol–water partition coefficient (Wildman–Crippen LogP) is 2.58. The fourth-order valence-electron chi connectivity index (χ4n) is 2.38. The van der Waals surface area contributed by atoms with Gasteiger partial charge in [0.15, 0.2) is 6.10 Å². The van der Waals surface area contributed by atoms with Gasteiger partial charge in [-0.3, -0.25) is 0 Å². The molecular weight excluding hydrogens is 341 g/mol. The molecule has 1 saturated heterocycles. The second kappa shape index (κ2) is 6.58. The van der Waals surface area contributed by atoms with Gasteiger partial charge in [0.25, 0.3) is 0 Å². The van der Waals surface area contributed by atoms with Gasteiger partial charge < -0.3 is 15.2 Å². The number of benzene rings is 1. The number of hydrogen-bond donors (Lipinski definition) is 1. The number of carbonyl (C=O) groups is 1. The molecule has 24 heavy (non-hydrogen) atoms. The van der Waals surface area contributed by atoms with Crippen LogP contribution in [0.15, 0.2) is 23.8 Å². The Hall–Kier alpha value is -2.45. The number of hydrogen-bond acceptors (Lipinski definition) is 4. The Morgan fingerprint density at radius 3 is 2.54 bits per heavy atom. The summed E-state index contributed by atoms with van der Waals surface area (Å²) in [5, 5.41) is 0. The van der Waals surface area contributed by atoms with E-state index < -0.39 is 59.8 Å². The Bertz CT molecular complexity index is 699. The van der Waals surface area contributed by atoms with E-state index in [9.17, 15) is 31.5 Å². The van der Waals surface area contributed by atoms with Crippen molar-refractivity contribution in [1.82, 2.24) is 0 Å². The summed E-state index contributed by atoms with van der Waals surface area (Å²) in [5.74, 6) is -0.924. The van der Waals surface area contributed by atoms with Crippen LogP contribution in [-0.2, 0) is 14.3 Å². The SMILES string of the molecule is NC(=O)O[C@H]1CC(=C=O)C(C(F)(F)F)O[C@@H]1c1cc(F)ccc1F. The first-order valence-electron chi connectivity index (χ1n) is 6.50. The van der Waals surface area contributed by atoms with Crippen LogP contribution >= 0.6 is 0 Å². The summed E-state index contributed by atoms with van der Waals surface area (Å²) in [5.41, 5.74) is 3.35. The molecule has 1 aliphatic heterocycles. The molecule has 0 spiro atoms. The molecule has 5 nitrogen and oxygen atoms in total. The lowest BCUT2D eigenvalue weighted by Crippen LogP contribution is -2.45. The number of nitrogens with two attached hydrogens (primary N) is 1.